The van der Waals surface area contributed by atoms with Crippen LogP contribution in [0.4, 0.5) is 5.69 Å². The van der Waals surface area contributed by atoms with Crippen molar-refractivity contribution in [2.24, 2.45) is 0 Å². The van der Waals surface area contributed by atoms with Crippen LogP contribution in [-0.2, 0) is 15.9 Å². The lowest BCUT2D eigenvalue weighted by molar-refractivity contribution is -0.105. The van der Waals surface area contributed by atoms with E-state index in [1.54, 1.807) is 6.07 Å². The third kappa shape index (κ3) is 1.64. The van der Waals surface area contributed by atoms with Gasteiger partial charge in [0.1, 0.15) is 0 Å². The van der Waals surface area contributed by atoms with Crippen LogP contribution in [0, 0.1) is 0 Å². The summed E-state index contributed by atoms with van der Waals surface area (Å²) >= 11 is 0. The van der Waals surface area contributed by atoms with E-state index in [1.807, 2.05) is 12.1 Å². The molecule has 4 nitrogen and oxygen atoms in total. The van der Waals surface area contributed by atoms with Gasteiger partial charge < -0.3 is 15.0 Å². The molecule has 0 aliphatic carbocycles. The molecule has 1 aliphatic rings. The van der Waals surface area contributed by atoms with Crippen LogP contribution in [0.3, 0.4) is 0 Å². The molecule has 2 N–H and O–H groups in total. The maximum atomic E-state index is 10.2. The van der Waals surface area contributed by atoms with Gasteiger partial charge in [0.15, 0.2) is 0 Å². The molecule has 0 unspecified atom stereocenters. The molecule has 1 aromatic carbocycles. The Bertz CT molecular complexity index is 356. The highest BCUT2D eigenvalue weighted by molar-refractivity contribution is 6.61. The largest absolute Gasteiger partial charge is 0.491 e. The van der Waals surface area contributed by atoms with Crippen LogP contribution in [0.15, 0.2) is 18.2 Å². The minimum Gasteiger partial charge on any atom is -0.423 e. The zero-order valence-corrected chi connectivity index (χ0v) is 7.56. The number of rotatable bonds is 2. The third-order valence-corrected chi connectivity index (χ3v) is 2.28. The number of benzene rings is 1. The maximum absolute atomic E-state index is 10.2. The lowest BCUT2D eigenvalue weighted by Gasteiger charge is -2.19. The van der Waals surface area contributed by atoms with E-state index in [4.69, 9.17) is 4.65 Å². The number of carbonyl (C=O) groups is 1. The molecule has 0 saturated carbocycles. The Morgan fingerprint density at radius 3 is 3.21 bits per heavy atom. The quantitative estimate of drug-likeness (QED) is 0.490. The van der Waals surface area contributed by atoms with Gasteiger partial charge in [-0.2, -0.15) is 0 Å². The first-order valence-electron chi connectivity index (χ1n) is 4.44. The maximum Gasteiger partial charge on any atom is 0.491 e. The van der Waals surface area contributed by atoms with Gasteiger partial charge in [0.25, 0.3) is 0 Å². The number of fused-ring (bicyclic) bond motifs is 1. The van der Waals surface area contributed by atoms with Crippen molar-refractivity contribution in [1.82, 2.24) is 0 Å². The molecule has 1 aliphatic heterocycles. The summed E-state index contributed by atoms with van der Waals surface area (Å²) in [6.07, 6.45) is 1.41. The summed E-state index contributed by atoms with van der Waals surface area (Å²) < 4.78 is 5.08. The van der Waals surface area contributed by atoms with Crippen LogP contribution in [0.25, 0.3) is 0 Å². The number of hydrogen-bond acceptors (Lipinski definition) is 3. The molecule has 0 atom stereocenters. The summed E-state index contributed by atoms with van der Waals surface area (Å²) in [6.45, 7) is 0.536. The Balaban J connectivity index is 2.35. The summed E-state index contributed by atoms with van der Waals surface area (Å²) in [5.41, 5.74) is 2.48. The van der Waals surface area contributed by atoms with Crippen molar-refractivity contribution < 1.29 is 14.5 Å². The van der Waals surface area contributed by atoms with Crippen LogP contribution in [0.1, 0.15) is 5.56 Å². The fraction of sp³-hybridized carbons (Fsp3) is 0.222. The van der Waals surface area contributed by atoms with Crippen molar-refractivity contribution in [3.63, 3.8) is 0 Å². The molecule has 0 bridgehead atoms. The number of amides is 1. The van der Waals surface area contributed by atoms with Gasteiger partial charge in [-0.05, 0) is 29.6 Å². The van der Waals surface area contributed by atoms with Gasteiger partial charge in [0.05, 0.1) is 0 Å². The molecule has 14 heavy (non-hydrogen) atoms. The van der Waals surface area contributed by atoms with Gasteiger partial charge in [-0.25, -0.2) is 0 Å². The van der Waals surface area contributed by atoms with E-state index in [2.05, 4.69) is 5.32 Å². The Morgan fingerprint density at radius 2 is 2.43 bits per heavy atom. The Kier molecular flexibility index (Phi) is 2.52. The zero-order valence-electron chi connectivity index (χ0n) is 7.56. The molecule has 1 amide bonds. The SMILES string of the molecule is O=CNc1ccc2c(c1)B(O)OCC2. The summed E-state index contributed by atoms with van der Waals surface area (Å²) in [4.78, 5) is 10.2. The second kappa shape index (κ2) is 3.81. The summed E-state index contributed by atoms with van der Waals surface area (Å²) in [5, 5.41) is 12.0. The Hall–Kier alpha value is -1.33. The van der Waals surface area contributed by atoms with Crippen molar-refractivity contribution in [3.05, 3.63) is 23.8 Å². The van der Waals surface area contributed by atoms with Crippen LogP contribution in [-0.4, -0.2) is 25.2 Å². The zero-order chi connectivity index (χ0) is 9.97. The van der Waals surface area contributed by atoms with Crippen molar-refractivity contribution >= 4 is 24.7 Å². The van der Waals surface area contributed by atoms with Gasteiger partial charge in [-0.3, -0.25) is 4.79 Å². The normalized spacial score (nSPS) is 14.8. The molecule has 0 radical (unpaired) electrons. The third-order valence-electron chi connectivity index (χ3n) is 2.28. The molecule has 1 aromatic rings. The highest BCUT2D eigenvalue weighted by Crippen LogP contribution is 2.11. The lowest BCUT2D eigenvalue weighted by Crippen LogP contribution is -2.41. The van der Waals surface area contributed by atoms with Gasteiger partial charge in [0, 0.05) is 12.3 Å². The van der Waals surface area contributed by atoms with E-state index < -0.39 is 7.12 Å². The van der Waals surface area contributed by atoms with E-state index >= 15 is 0 Å². The molecule has 72 valence electrons. The smallest absolute Gasteiger partial charge is 0.423 e. The highest BCUT2D eigenvalue weighted by Gasteiger charge is 2.24. The van der Waals surface area contributed by atoms with E-state index in [0.29, 0.717) is 18.7 Å². The predicted octanol–water partition coefficient (Wildman–Crippen LogP) is -0.485. The first-order chi connectivity index (χ1) is 6.81. The van der Waals surface area contributed by atoms with E-state index in [1.165, 1.54) is 0 Å². The van der Waals surface area contributed by atoms with Crippen molar-refractivity contribution in [2.45, 2.75) is 6.42 Å². The van der Waals surface area contributed by atoms with Crippen molar-refractivity contribution in [2.75, 3.05) is 11.9 Å². The average molecular weight is 191 g/mol. The fourth-order valence-corrected chi connectivity index (χ4v) is 1.58. The summed E-state index contributed by atoms with van der Waals surface area (Å²) in [6, 6.07) is 5.44. The predicted molar refractivity (Wildman–Crippen MR) is 53.4 cm³/mol. The topological polar surface area (TPSA) is 58.6 Å². The number of carbonyl (C=O) groups excluding carboxylic acids is 1. The number of hydrogen-bond donors (Lipinski definition) is 2. The molecule has 5 heteroatoms. The standard InChI is InChI=1S/C9H10BNO3/c12-6-11-8-2-1-7-3-4-14-10(13)9(7)5-8/h1-2,5-6,13H,3-4H2,(H,11,12). The molecule has 0 aromatic heterocycles. The average Bonchev–Trinajstić information content (AvgIpc) is 2.20. The monoisotopic (exact) mass is 191 g/mol. The molecule has 2 rings (SSSR count). The summed E-state index contributed by atoms with van der Waals surface area (Å²) in [5.74, 6) is 0. The lowest BCUT2D eigenvalue weighted by atomic mass is 9.73. The highest BCUT2D eigenvalue weighted by atomic mass is 16.5. The van der Waals surface area contributed by atoms with Crippen LogP contribution in [0.2, 0.25) is 0 Å². The summed E-state index contributed by atoms with van der Waals surface area (Å²) in [7, 11) is -0.868. The van der Waals surface area contributed by atoms with Crippen molar-refractivity contribution in [3.8, 4) is 0 Å². The molecule has 0 saturated heterocycles. The molecule has 0 spiro atoms. The second-order valence-electron chi connectivity index (χ2n) is 3.15. The van der Waals surface area contributed by atoms with Crippen LogP contribution < -0.4 is 10.8 Å². The fourth-order valence-electron chi connectivity index (χ4n) is 1.58. The second-order valence-corrected chi connectivity index (χ2v) is 3.15. The van der Waals surface area contributed by atoms with Gasteiger partial charge >= 0.3 is 7.12 Å². The van der Waals surface area contributed by atoms with Crippen LogP contribution in [0.5, 0.6) is 0 Å². The molecule has 1 heterocycles. The first-order valence-corrected chi connectivity index (χ1v) is 4.44. The first kappa shape index (κ1) is 9.24. The minimum absolute atomic E-state index is 0.536. The van der Waals surface area contributed by atoms with Gasteiger partial charge in [-0.1, -0.05) is 6.07 Å². The number of nitrogens with one attached hydrogen (secondary N) is 1. The van der Waals surface area contributed by atoms with E-state index in [-0.39, 0.29) is 0 Å². The number of anilines is 1. The molecular formula is C9H10BNO3. The van der Waals surface area contributed by atoms with Gasteiger partial charge in [0.2, 0.25) is 6.41 Å². The van der Waals surface area contributed by atoms with E-state index in [0.717, 1.165) is 17.4 Å². The molecular weight excluding hydrogens is 181 g/mol. The Labute approximate surface area is 82.0 Å². The minimum atomic E-state index is -0.868. The van der Waals surface area contributed by atoms with Gasteiger partial charge in [-0.15, -0.1) is 0 Å². The molecule has 0 fully saturated rings. The Morgan fingerprint density at radius 1 is 1.57 bits per heavy atom. The van der Waals surface area contributed by atoms with Crippen LogP contribution >= 0.6 is 0 Å². The van der Waals surface area contributed by atoms with Crippen molar-refractivity contribution in [1.29, 1.82) is 0 Å². The van der Waals surface area contributed by atoms with E-state index in [9.17, 15) is 9.82 Å².